The summed E-state index contributed by atoms with van der Waals surface area (Å²) < 4.78 is 10.0. The molecule has 1 aliphatic heterocycles. The van der Waals surface area contributed by atoms with E-state index in [2.05, 4.69) is 0 Å². The number of ether oxygens (including phenoxy) is 2. The predicted molar refractivity (Wildman–Crippen MR) is 54.2 cm³/mol. The van der Waals surface area contributed by atoms with Crippen molar-refractivity contribution >= 4 is 11.9 Å². The van der Waals surface area contributed by atoms with E-state index >= 15 is 0 Å². The molecule has 1 aliphatic rings. The largest absolute Gasteiger partial charge is 0.466 e. The van der Waals surface area contributed by atoms with Gasteiger partial charge in [0.15, 0.2) is 0 Å². The minimum Gasteiger partial charge on any atom is -0.466 e. The quantitative estimate of drug-likeness (QED) is 0.577. The van der Waals surface area contributed by atoms with Crippen LogP contribution in [-0.2, 0) is 19.1 Å². The predicted octanol–water partition coefficient (Wildman–Crippen LogP) is 1.82. The second-order valence-electron chi connectivity index (χ2n) is 3.71. The fraction of sp³-hybridized carbons (Fsp3) is 0.818. The Morgan fingerprint density at radius 1 is 0.667 bits per heavy atom. The lowest BCUT2D eigenvalue weighted by atomic mass is 10.1. The van der Waals surface area contributed by atoms with E-state index in [1.807, 2.05) is 0 Å². The molecule has 0 amide bonds. The van der Waals surface area contributed by atoms with Crippen LogP contribution in [0.4, 0.5) is 0 Å². The Hall–Kier alpha value is -1.06. The van der Waals surface area contributed by atoms with Crippen molar-refractivity contribution in [3.05, 3.63) is 0 Å². The van der Waals surface area contributed by atoms with Crippen LogP contribution in [0.2, 0.25) is 0 Å². The average molecular weight is 214 g/mol. The molecule has 0 bridgehead atoms. The number of carbonyl (C=O) groups is 2. The van der Waals surface area contributed by atoms with Gasteiger partial charge in [-0.2, -0.15) is 0 Å². The molecule has 0 aromatic rings. The standard InChI is InChI=1S/C11H18O4/c12-10-6-2-1-3-7-11(13)15-9-5-4-8-14-10/h1-9H2. The van der Waals surface area contributed by atoms with Gasteiger partial charge < -0.3 is 9.47 Å². The zero-order chi connectivity index (χ0) is 10.9. The third kappa shape index (κ3) is 6.10. The van der Waals surface area contributed by atoms with Crippen LogP contribution in [-0.4, -0.2) is 25.2 Å². The van der Waals surface area contributed by atoms with Crippen LogP contribution in [0, 0.1) is 0 Å². The van der Waals surface area contributed by atoms with Gasteiger partial charge in [0.05, 0.1) is 13.2 Å². The zero-order valence-electron chi connectivity index (χ0n) is 9.00. The molecule has 0 N–H and O–H groups in total. The van der Waals surface area contributed by atoms with Crippen molar-refractivity contribution in [2.75, 3.05) is 13.2 Å². The highest BCUT2D eigenvalue weighted by Gasteiger charge is 2.06. The first-order chi connectivity index (χ1) is 7.29. The fourth-order valence-electron chi connectivity index (χ4n) is 1.44. The average Bonchev–Trinajstić information content (AvgIpc) is 2.23. The van der Waals surface area contributed by atoms with Gasteiger partial charge in [-0.3, -0.25) is 9.59 Å². The van der Waals surface area contributed by atoms with Crippen molar-refractivity contribution in [2.45, 2.75) is 44.9 Å². The van der Waals surface area contributed by atoms with Crippen molar-refractivity contribution in [1.29, 1.82) is 0 Å². The van der Waals surface area contributed by atoms with Crippen molar-refractivity contribution in [2.24, 2.45) is 0 Å². The van der Waals surface area contributed by atoms with Gasteiger partial charge in [-0.15, -0.1) is 0 Å². The molecule has 0 unspecified atom stereocenters. The van der Waals surface area contributed by atoms with Crippen LogP contribution in [0.25, 0.3) is 0 Å². The zero-order valence-corrected chi connectivity index (χ0v) is 9.00. The molecule has 0 aliphatic carbocycles. The highest BCUT2D eigenvalue weighted by atomic mass is 16.5. The van der Waals surface area contributed by atoms with E-state index in [0.717, 1.165) is 32.1 Å². The molecule has 1 saturated heterocycles. The number of cyclic esters (lactones) is 2. The molecule has 0 radical (unpaired) electrons. The summed E-state index contributed by atoms with van der Waals surface area (Å²) in [4.78, 5) is 22.3. The monoisotopic (exact) mass is 214 g/mol. The summed E-state index contributed by atoms with van der Waals surface area (Å²) in [6.07, 6.45) is 4.94. The third-order valence-electron chi connectivity index (χ3n) is 2.33. The first-order valence-electron chi connectivity index (χ1n) is 5.60. The first kappa shape index (κ1) is 12.0. The minimum absolute atomic E-state index is 0.124. The van der Waals surface area contributed by atoms with Crippen molar-refractivity contribution in [3.63, 3.8) is 0 Å². The van der Waals surface area contributed by atoms with Gasteiger partial charge in [-0.05, 0) is 25.7 Å². The van der Waals surface area contributed by atoms with Crippen LogP contribution >= 0.6 is 0 Å². The molecule has 1 heterocycles. The molecule has 4 nitrogen and oxygen atoms in total. The van der Waals surface area contributed by atoms with E-state index in [-0.39, 0.29) is 11.9 Å². The maximum Gasteiger partial charge on any atom is 0.305 e. The summed E-state index contributed by atoms with van der Waals surface area (Å²) in [7, 11) is 0. The van der Waals surface area contributed by atoms with Crippen LogP contribution in [0.15, 0.2) is 0 Å². The Kier molecular flexibility index (Phi) is 5.81. The minimum atomic E-state index is -0.124. The molecule has 15 heavy (non-hydrogen) atoms. The van der Waals surface area contributed by atoms with Crippen molar-refractivity contribution < 1.29 is 19.1 Å². The Morgan fingerprint density at radius 3 is 1.60 bits per heavy atom. The molecule has 1 rings (SSSR count). The summed E-state index contributed by atoms with van der Waals surface area (Å²) >= 11 is 0. The molecule has 0 aromatic carbocycles. The first-order valence-corrected chi connectivity index (χ1v) is 5.60. The van der Waals surface area contributed by atoms with Crippen LogP contribution in [0.3, 0.4) is 0 Å². The third-order valence-corrected chi connectivity index (χ3v) is 2.33. The topological polar surface area (TPSA) is 52.6 Å². The van der Waals surface area contributed by atoms with E-state index in [4.69, 9.17) is 9.47 Å². The molecular formula is C11H18O4. The second kappa shape index (κ2) is 7.26. The Morgan fingerprint density at radius 2 is 1.13 bits per heavy atom. The highest BCUT2D eigenvalue weighted by molar-refractivity contribution is 5.69. The van der Waals surface area contributed by atoms with Gasteiger partial charge in [0, 0.05) is 12.8 Å². The number of hydrogen-bond donors (Lipinski definition) is 0. The maximum absolute atomic E-state index is 11.1. The van der Waals surface area contributed by atoms with Crippen LogP contribution < -0.4 is 0 Å². The Labute approximate surface area is 89.9 Å². The molecule has 4 heteroatoms. The molecule has 0 spiro atoms. The van der Waals surface area contributed by atoms with Crippen molar-refractivity contribution in [3.8, 4) is 0 Å². The summed E-state index contributed by atoms with van der Waals surface area (Å²) in [6, 6.07) is 0. The van der Waals surface area contributed by atoms with E-state index in [1.165, 1.54) is 0 Å². The van der Waals surface area contributed by atoms with Gasteiger partial charge in [0.2, 0.25) is 0 Å². The molecule has 86 valence electrons. The number of rotatable bonds is 0. The van der Waals surface area contributed by atoms with E-state index in [1.54, 1.807) is 0 Å². The highest BCUT2D eigenvalue weighted by Crippen LogP contribution is 2.07. The van der Waals surface area contributed by atoms with E-state index in [0.29, 0.717) is 26.1 Å². The smallest absolute Gasteiger partial charge is 0.305 e. The number of carbonyl (C=O) groups excluding carboxylic acids is 2. The fourth-order valence-corrected chi connectivity index (χ4v) is 1.44. The molecule has 0 aromatic heterocycles. The lowest BCUT2D eigenvalue weighted by Crippen LogP contribution is -2.07. The summed E-state index contributed by atoms with van der Waals surface area (Å²) in [6.45, 7) is 0.882. The lowest BCUT2D eigenvalue weighted by Gasteiger charge is -2.04. The lowest BCUT2D eigenvalue weighted by molar-refractivity contribution is -0.145. The SMILES string of the molecule is O=C1CCCCCC(=O)OCCCCO1. The second-order valence-corrected chi connectivity index (χ2v) is 3.71. The van der Waals surface area contributed by atoms with Crippen molar-refractivity contribution in [1.82, 2.24) is 0 Å². The van der Waals surface area contributed by atoms with Gasteiger partial charge in [-0.25, -0.2) is 0 Å². The summed E-state index contributed by atoms with van der Waals surface area (Å²) in [5.41, 5.74) is 0. The van der Waals surface area contributed by atoms with Gasteiger partial charge >= 0.3 is 11.9 Å². The molecule has 1 fully saturated rings. The van der Waals surface area contributed by atoms with Crippen LogP contribution in [0.5, 0.6) is 0 Å². The van der Waals surface area contributed by atoms with Gasteiger partial charge in [0.25, 0.3) is 0 Å². The Bertz CT molecular complexity index is 191. The summed E-state index contributed by atoms with van der Waals surface area (Å²) in [5, 5.41) is 0. The van der Waals surface area contributed by atoms with Gasteiger partial charge in [0.1, 0.15) is 0 Å². The molecule has 0 saturated carbocycles. The molecule has 0 atom stereocenters. The number of hydrogen-bond acceptors (Lipinski definition) is 4. The number of esters is 2. The normalized spacial score (nSPS) is 21.6. The van der Waals surface area contributed by atoms with E-state index in [9.17, 15) is 9.59 Å². The van der Waals surface area contributed by atoms with E-state index < -0.39 is 0 Å². The van der Waals surface area contributed by atoms with Crippen LogP contribution in [0.1, 0.15) is 44.9 Å². The maximum atomic E-state index is 11.1. The Balaban J connectivity index is 2.26. The molecular weight excluding hydrogens is 196 g/mol. The van der Waals surface area contributed by atoms with Gasteiger partial charge in [-0.1, -0.05) is 6.42 Å². The summed E-state index contributed by atoms with van der Waals surface area (Å²) in [5.74, 6) is -0.247.